The molecule has 1 aliphatic heterocycles. The molecule has 0 aliphatic carbocycles. The largest absolute Gasteiger partial charge is 0.452 e. The first-order chi connectivity index (χ1) is 15.1. The van der Waals surface area contributed by atoms with Crippen molar-refractivity contribution in [3.05, 3.63) is 59.8 Å². The zero-order chi connectivity index (χ0) is 23.1. The Hall–Kier alpha value is -3.50. The second-order valence-electron chi connectivity index (χ2n) is 7.56. The van der Waals surface area contributed by atoms with E-state index in [9.17, 15) is 22.0 Å². The summed E-state index contributed by atoms with van der Waals surface area (Å²) in [6, 6.07) is 6.44. The topological polar surface area (TPSA) is 89.2 Å². The normalized spacial score (nSPS) is 21.2. The van der Waals surface area contributed by atoms with Crippen molar-refractivity contribution in [3.63, 3.8) is 0 Å². The number of benzene rings is 1. The van der Waals surface area contributed by atoms with Crippen molar-refractivity contribution in [3.8, 4) is 22.4 Å². The molecule has 0 saturated heterocycles. The summed E-state index contributed by atoms with van der Waals surface area (Å²) in [5, 5.41) is 6.98. The lowest BCUT2D eigenvalue weighted by molar-refractivity contribution is -0.209. The van der Waals surface area contributed by atoms with E-state index in [1.807, 2.05) is 13.0 Å². The monoisotopic (exact) mass is 451 g/mol. The highest BCUT2D eigenvalue weighted by Crippen LogP contribution is 2.42. The molecule has 11 heteroatoms. The number of aliphatic imine (C=N–C) groups is 1. The average Bonchev–Trinajstić information content (AvgIpc) is 3.19. The van der Waals surface area contributed by atoms with Gasteiger partial charge in [-0.1, -0.05) is 6.07 Å². The van der Waals surface area contributed by atoms with Gasteiger partial charge in [0.2, 0.25) is 0 Å². The van der Waals surface area contributed by atoms with Crippen LogP contribution in [0.15, 0.2) is 47.7 Å². The van der Waals surface area contributed by atoms with Crippen LogP contribution in [0.1, 0.15) is 17.7 Å². The van der Waals surface area contributed by atoms with Gasteiger partial charge in [0.15, 0.2) is 6.10 Å². The molecule has 0 amide bonds. The molecule has 0 fully saturated rings. The number of nitrogens with two attached hydrogens (primary N) is 1. The van der Waals surface area contributed by atoms with E-state index in [2.05, 4.69) is 24.9 Å². The van der Waals surface area contributed by atoms with Crippen LogP contribution in [-0.4, -0.2) is 40.2 Å². The van der Waals surface area contributed by atoms with E-state index in [1.54, 1.807) is 12.3 Å². The molecule has 2 atom stereocenters. The number of pyridine rings is 1. The molecule has 0 spiro atoms. The Bertz CT molecular complexity index is 1180. The zero-order valence-electron chi connectivity index (χ0n) is 16.8. The van der Waals surface area contributed by atoms with Crippen LogP contribution in [0.4, 0.5) is 22.0 Å². The number of amidine groups is 1. The van der Waals surface area contributed by atoms with Gasteiger partial charge in [0, 0.05) is 41.2 Å². The van der Waals surface area contributed by atoms with Crippen LogP contribution in [0.25, 0.3) is 22.4 Å². The minimum absolute atomic E-state index is 0.348. The van der Waals surface area contributed by atoms with Crippen LogP contribution in [0, 0.1) is 12.7 Å². The highest BCUT2D eigenvalue weighted by atomic mass is 19.4. The predicted octanol–water partition coefficient (Wildman–Crippen LogP) is 4.42. The third-order valence-corrected chi connectivity index (χ3v) is 5.24. The standard InChI is InChI=1S/C21H18F5N5O/c1-11-4-17(31-30-11)14-5-13(8-28-9-14)12-2-3-16(23)15(6-12)20(10-22)7-18(21(24,25)26)32-19(27)29-20/h2-6,8-9,18H,7,10H2,1H3,(H2,27,29)(H,30,31)/t18-,20+/m0/s1. The average molecular weight is 451 g/mol. The van der Waals surface area contributed by atoms with E-state index in [4.69, 9.17) is 5.73 Å². The molecule has 1 aliphatic rings. The Labute approximate surface area is 179 Å². The predicted molar refractivity (Wildman–Crippen MR) is 107 cm³/mol. The maximum absolute atomic E-state index is 14.8. The number of ether oxygens (including phenoxy) is 1. The van der Waals surface area contributed by atoms with Gasteiger partial charge in [-0.25, -0.2) is 13.8 Å². The number of hydrogen-bond donors (Lipinski definition) is 2. The van der Waals surface area contributed by atoms with Gasteiger partial charge in [-0.3, -0.25) is 10.1 Å². The smallest absolute Gasteiger partial charge is 0.425 e. The van der Waals surface area contributed by atoms with Crippen molar-refractivity contribution >= 4 is 6.02 Å². The minimum atomic E-state index is -4.82. The lowest BCUT2D eigenvalue weighted by atomic mass is 9.83. The second-order valence-corrected chi connectivity index (χ2v) is 7.56. The highest BCUT2D eigenvalue weighted by molar-refractivity contribution is 5.74. The van der Waals surface area contributed by atoms with E-state index >= 15 is 0 Å². The number of nitrogens with one attached hydrogen (secondary N) is 1. The van der Waals surface area contributed by atoms with Crippen molar-refractivity contribution in [1.29, 1.82) is 0 Å². The Morgan fingerprint density at radius 2 is 1.91 bits per heavy atom. The number of halogens is 5. The molecule has 32 heavy (non-hydrogen) atoms. The first-order valence-corrected chi connectivity index (χ1v) is 9.54. The maximum Gasteiger partial charge on any atom is 0.425 e. The van der Waals surface area contributed by atoms with Crippen molar-refractivity contribution in [2.75, 3.05) is 6.67 Å². The van der Waals surface area contributed by atoms with Crippen LogP contribution >= 0.6 is 0 Å². The molecule has 0 unspecified atom stereocenters. The number of H-pyrrole nitrogens is 1. The quantitative estimate of drug-likeness (QED) is 0.575. The van der Waals surface area contributed by atoms with Gasteiger partial charge in [0.05, 0.1) is 5.69 Å². The minimum Gasteiger partial charge on any atom is -0.452 e. The van der Waals surface area contributed by atoms with Gasteiger partial charge >= 0.3 is 6.18 Å². The van der Waals surface area contributed by atoms with Crippen molar-refractivity contribution in [2.45, 2.75) is 31.2 Å². The van der Waals surface area contributed by atoms with E-state index in [1.165, 1.54) is 18.3 Å². The van der Waals surface area contributed by atoms with Gasteiger partial charge in [-0.2, -0.15) is 18.3 Å². The van der Waals surface area contributed by atoms with Crippen LogP contribution in [0.2, 0.25) is 0 Å². The van der Waals surface area contributed by atoms with E-state index in [0.29, 0.717) is 22.4 Å². The van der Waals surface area contributed by atoms with Gasteiger partial charge in [0.1, 0.15) is 18.0 Å². The summed E-state index contributed by atoms with van der Waals surface area (Å²) >= 11 is 0. The number of nitrogens with zero attached hydrogens (tertiary/aromatic N) is 3. The number of aryl methyl sites for hydroxylation is 1. The molecule has 0 bridgehead atoms. The Morgan fingerprint density at radius 3 is 2.56 bits per heavy atom. The van der Waals surface area contributed by atoms with Crippen LogP contribution in [0.5, 0.6) is 0 Å². The summed E-state index contributed by atoms with van der Waals surface area (Å²) in [6.45, 7) is 0.444. The summed E-state index contributed by atoms with van der Waals surface area (Å²) in [6.07, 6.45) is -5.09. The fourth-order valence-electron chi connectivity index (χ4n) is 3.65. The first-order valence-electron chi connectivity index (χ1n) is 9.54. The summed E-state index contributed by atoms with van der Waals surface area (Å²) in [7, 11) is 0. The molecular weight excluding hydrogens is 433 g/mol. The highest BCUT2D eigenvalue weighted by Gasteiger charge is 2.52. The van der Waals surface area contributed by atoms with Crippen LogP contribution in [0.3, 0.4) is 0 Å². The lowest BCUT2D eigenvalue weighted by Gasteiger charge is -2.36. The molecule has 0 saturated carbocycles. The fourth-order valence-corrected chi connectivity index (χ4v) is 3.65. The van der Waals surface area contributed by atoms with Crippen molar-refractivity contribution in [2.24, 2.45) is 10.7 Å². The number of aromatic amines is 1. The Balaban J connectivity index is 1.79. The SMILES string of the molecule is Cc1cc(-c2cncc(-c3ccc(F)c([C@]4(CF)C[C@@H](C(F)(F)F)OC(N)=N4)c3)c2)n[nH]1. The van der Waals surface area contributed by atoms with Gasteiger partial charge in [-0.15, -0.1) is 0 Å². The second kappa shape index (κ2) is 7.88. The molecule has 0 radical (unpaired) electrons. The summed E-state index contributed by atoms with van der Waals surface area (Å²) < 4.78 is 73.4. The Kier molecular flexibility index (Phi) is 5.35. The molecular formula is C21H18F5N5O. The molecule has 4 rings (SSSR count). The molecule has 3 aromatic rings. The summed E-state index contributed by atoms with van der Waals surface area (Å²) in [5.74, 6) is -0.905. The lowest BCUT2D eigenvalue weighted by Crippen LogP contribution is -2.48. The number of aromatic nitrogens is 3. The summed E-state index contributed by atoms with van der Waals surface area (Å²) in [5.41, 5.74) is 5.99. The number of alkyl halides is 4. The third kappa shape index (κ3) is 4.02. The molecule has 1 aromatic carbocycles. The summed E-state index contributed by atoms with van der Waals surface area (Å²) in [4.78, 5) is 7.92. The van der Waals surface area contributed by atoms with E-state index in [0.717, 1.165) is 11.8 Å². The van der Waals surface area contributed by atoms with Crippen LogP contribution < -0.4 is 5.73 Å². The number of rotatable bonds is 4. The zero-order valence-corrected chi connectivity index (χ0v) is 16.8. The molecule has 2 aromatic heterocycles. The van der Waals surface area contributed by atoms with E-state index < -0.39 is 42.8 Å². The van der Waals surface area contributed by atoms with Gasteiger partial charge < -0.3 is 10.5 Å². The molecule has 3 N–H and O–H groups in total. The first kappa shape index (κ1) is 21.7. The molecule has 3 heterocycles. The van der Waals surface area contributed by atoms with Crippen molar-refractivity contribution < 1.29 is 26.7 Å². The van der Waals surface area contributed by atoms with Crippen LogP contribution in [-0.2, 0) is 10.3 Å². The fraction of sp³-hybridized carbons (Fsp3) is 0.286. The Morgan fingerprint density at radius 1 is 1.16 bits per heavy atom. The maximum atomic E-state index is 14.8. The van der Waals surface area contributed by atoms with E-state index in [-0.39, 0.29) is 5.56 Å². The third-order valence-electron chi connectivity index (χ3n) is 5.24. The number of hydrogen-bond acceptors (Lipinski definition) is 5. The molecule has 6 nitrogen and oxygen atoms in total. The van der Waals surface area contributed by atoms with Gasteiger partial charge in [0.25, 0.3) is 6.02 Å². The van der Waals surface area contributed by atoms with Crippen molar-refractivity contribution in [1.82, 2.24) is 15.2 Å². The van der Waals surface area contributed by atoms with Gasteiger partial charge in [-0.05, 0) is 36.8 Å². The molecule has 168 valence electrons.